The number of furan rings is 1. The van der Waals surface area contributed by atoms with Gasteiger partial charge in [0, 0.05) is 10.8 Å². The van der Waals surface area contributed by atoms with Crippen molar-refractivity contribution >= 4 is 33.0 Å². The lowest BCUT2D eigenvalue weighted by atomic mass is 10.1. The van der Waals surface area contributed by atoms with Gasteiger partial charge in [0.05, 0.1) is 4.90 Å². The molecule has 0 bridgehead atoms. The maximum Gasteiger partial charge on any atom is 0.187 e. The highest BCUT2D eigenvalue weighted by molar-refractivity contribution is 7.79. The van der Waals surface area contributed by atoms with Crippen LogP contribution in [0.15, 0.2) is 51.8 Å². The average Bonchev–Trinajstić information content (AvgIpc) is 2.66. The maximum absolute atomic E-state index is 11.2. The summed E-state index contributed by atoms with van der Waals surface area (Å²) in [6, 6.07) is 12.6. The van der Waals surface area contributed by atoms with Crippen molar-refractivity contribution in [2.75, 3.05) is 0 Å². The van der Waals surface area contributed by atoms with Gasteiger partial charge in [-0.2, -0.15) is 0 Å². The smallest absolute Gasteiger partial charge is 0.187 e. The quantitative estimate of drug-likeness (QED) is 0.655. The minimum absolute atomic E-state index is 0.391. The molecule has 0 aliphatic rings. The monoisotopic (exact) mass is 232 g/mol. The summed E-state index contributed by atoms with van der Waals surface area (Å²) in [5, 5.41) is 1.59. The van der Waals surface area contributed by atoms with Gasteiger partial charge in [-0.05, 0) is 18.2 Å². The van der Waals surface area contributed by atoms with Crippen molar-refractivity contribution in [3.05, 3.63) is 42.5 Å². The fourth-order valence-electron chi connectivity index (χ4n) is 1.89. The lowest BCUT2D eigenvalue weighted by Gasteiger charge is -1.96. The summed E-state index contributed by atoms with van der Waals surface area (Å²) in [4.78, 5) is 0.391. The molecule has 0 saturated carbocycles. The van der Waals surface area contributed by atoms with Crippen molar-refractivity contribution in [3.8, 4) is 0 Å². The Labute approximate surface area is 94.0 Å². The number of rotatable bonds is 1. The largest absolute Gasteiger partial charge is 0.456 e. The van der Waals surface area contributed by atoms with E-state index in [-0.39, 0.29) is 0 Å². The van der Waals surface area contributed by atoms with E-state index in [4.69, 9.17) is 4.42 Å². The van der Waals surface area contributed by atoms with Gasteiger partial charge in [0.1, 0.15) is 11.2 Å². The highest BCUT2D eigenvalue weighted by Gasteiger charge is 2.13. The van der Waals surface area contributed by atoms with Gasteiger partial charge in [-0.3, -0.25) is 0 Å². The van der Waals surface area contributed by atoms with Crippen LogP contribution in [0, 0.1) is 0 Å². The zero-order chi connectivity index (χ0) is 11.1. The molecule has 3 nitrogen and oxygen atoms in total. The molecule has 0 aliphatic heterocycles. The Morgan fingerprint density at radius 2 is 1.75 bits per heavy atom. The predicted octanol–water partition coefficient (Wildman–Crippen LogP) is 3.17. The molecule has 0 spiro atoms. The lowest BCUT2D eigenvalue weighted by Crippen LogP contribution is -1.88. The second kappa shape index (κ2) is 3.43. The molecule has 4 heteroatoms. The van der Waals surface area contributed by atoms with E-state index in [0.717, 1.165) is 16.4 Å². The van der Waals surface area contributed by atoms with Crippen LogP contribution in [-0.2, 0) is 11.1 Å². The van der Waals surface area contributed by atoms with Gasteiger partial charge in [-0.15, -0.1) is 0 Å². The molecule has 0 saturated heterocycles. The first-order valence-electron chi connectivity index (χ1n) is 4.78. The SMILES string of the molecule is O=S(O)c1cccc2oc3ccccc3c12. The summed E-state index contributed by atoms with van der Waals surface area (Å²) in [7, 11) is 0. The van der Waals surface area contributed by atoms with Crippen LogP contribution in [0.25, 0.3) is 21.9 Å². The molecular weight excluding hydrogens is 224 g/mol. The molecule has 0 aliphatic carbocycles. The van der Waals surface area contributed by atoms with Crippen molar-refractivity contribution in [3.63, 3.8) is 0 Å². The van der Waals surface area contributed by atoms with Gasteiger partial charge in [0.15, 0.2) is 11.1 Å². The van der Waals surface area contributed by atoms with Crippen LogP contribution in [0.4, 0.5) is 0 Å². The zero-order valence-corrected chi connectivity index (χ0v) is 9.03. The summed E-state index contributed by atoms with van der Waals surface area (Å²) in [6.45, 7) is 0. The van der Waals surface area contributed by atoms with Crippen molar-refractivity contribution in [1.82, 2.24) is 0 Å². The molecule has 1 N–H and O–H groups in total. The molecule has 80 valence electrons. The molecule has 0 amide bonds. The molecule has 1 unspecified atom stereocenters. The number of para-hydroxylation sites is 1. The zero-order valence-electron chi connectivity index (χ0n) is 8.21. The van der Waals surface area contributed by atoms with Gasteiger partial charge < -0.3 is 8.97 Å². The van der Waals surface area contributed by atoms with Crippen LogP contribution in [0.2, 0.25) is 0 Å². The fourth-order valence-corrected chi connectivity index (χ4v) is 2.47. The van der Waals surface area contributed by atoms with Crippen molar-refractivity contribution in [1.29, 1.82) is 0 Å². The molecule has 3 aromatic rings. The highest BCUT2D eigenvalue weighted by Crippen LogP contribution is 2.32. The van der Waals surface area contributed by atoms with E-state index < -0.39 is 11.1 Å². The topological polar surface area (TPSA) is 50.4 Å². The molecule has 1 aromatic heterocycles. The first-order chi connectivity index (χ1) is 7.77. The Kier molecular flexibility index (Phi) is 2.05. The van der Waals surface area contributed by atoms with E-state index in [1.165, 1.54) is 0 Å². The van der Waals surface area contributed by atoms with Crippen LogP contribution in [0.1, 0.15) is 0 Å². The molecule has 3 rings (SSSR count). The summed E-state index contributed by atoms with van der Waals surface area (Å²) in [5.41, 5.74) is 1.37. The van der Waals surface area contributed by atoms with Gasteiger partial charge in [0.25, 0.3) is 0 Å². The highest BCUT2D eigenvalue weighted by atomic mass is 32.2. The van der Waals surface area contributed by atoms with Crippen LogP contribution >= 0.6 is 0 Å². The van der Waals surface area contributed by atoms with E-state index in [2.05, 4.69) is 0 Å². The van der Waals surface area contributed by atoms with Crippen LogP contribution in [-0.4, -0.2) is 8.76 Å². The van der Waals surface area contributed by atoms with Crippen molar-refractivity contribution < 1.29 is 13.2 Å². The standard InChI is InChI=1S/C12H8O3S/c13-16(14)11-7-3-6-10-12(11)8-4-1-2-5-9(8)15-10/h1-7H,(H,13,14). The van der Waals surface area contributed by atoms with E-state index in [0.29, 0.717) is 10.5 Å². The minimum Gasteiger partial charge on any atom is -0.456 e. The first-order valence-corrected chi connectivity index (χ1v) is 5.89. The van der Waals surface area contributed by atoms with Crippen molar-refractivity contribution in [2.45, 2.75) is 4.90 Å². The Hall–Kier alpha value is -1.65. The number of hydrogen-bond acceptors (Lipinski definition) is 2. The van der Waals surface area contributed by atoms with Gasteiger partial charge in [0.2, 0.25) is 0 Å². The summed E-state index contributed by atoms with van der Waals surface area (Å²) >= 11 is -2.00. The number of fused-ring (bicyclic) bond motifs is 3. The van der Waals surface area contributed by atoms with Crippen molar-refractivity contribution in [2.24, 2.45) is 0 Å². The Bertz CT molecular complexity index is 700. The maximum atomic E-state index is 11.2. The second-order valence-corrected chi connectivity index (χ2v) is 4.41. The van der Waals surface area contributed by atoms with E-state index >= 15 is 0 Å². The Balaban J connectivity index is 2.57. The normalized spacial score (nSPS) is 13.3. The van der Waals surface area contributed by atoms with Gasteiger partial charge in [-0.25, -0.2) is 4.21 Å². The molecular formula is C12H8O3S. The number of hydrogen-bond donors (Lipinski definition) is 1. The van der Waals surface area contributed by atoms with Crippen LogP contribution in [0.5, 0.6) is 0 Å². The molecule has 0 radical (unpaired) electrons. The first kappa shape index (κ1) is 9.57. The van der Waals surface area contributed by atoms with Crippen LogP contribution in [0.3, 0.4) is 0 Å². The van der Waals surface area contributed by atoms with E-state index in [1.54, 1.807) is 18.2 Å². The van der Waals surface area contributed by atoms with E-state index in [1.807, 2.05) is 24.3 Å². The van der Waals surface area contributed by atoms with Gasteiger partial charge in [-0.1, -0.05) is 24.3 Å². The molecule has 0 fully saturated rings. The molecule has 2 aromatic carbocycles. The van der Waals surface area contributed by atoms with Crippen LogP contribution < -0.4 is 0 Å². The predicted molar refractivity (Wildman–Crippen MR) is 62.8 cm³/mol. The average molecular weight is 232 g/mol. The third-order valence-electron chi connectivity index (χ3n) is 2.55. The summed E-state index contributed by atoms with van der Waals surface area (Å²) < 4.78 is 26.1. The summed E-state index contributed by atoms with van der Waals surface area (Å²) in [5.74, 6) is 0. The number of benzene rings is 2. The molecule has 1 heterocycles. The van der Waals surface area contributed by atoms with Gasteiger partial charge >= 0.3 is 0 Å². The third kappa shape index (κ3) is 1.27. The minimum atomic E-state index is -2.00. The molecule has 16 heavy (non-hydrogen) atoms. The Morgan fingerprint density at radius 1 is 1.00 bits per heavy atom. The fraction of sp³-hybridized carbons (Fsp3) is 0. The van der Waals surface area contributed by atoms with E-state index in [9.17, 15) is 8.76 Å². The second-order valence-electron chi connectivity index (χ2n) is 3.48. The lowest BCUT2D eigenvalue weighted by molar-refractivity contribution is 0.565. The third-order valence-corrected chi connectivity index (χ3v) is 3.27. The molecule has 1 atom stereocenters. The Morgan fingerprint density at radius 3 is 2.56 bits per heavy atom. The summed E-state index contributed by atoms with van der Waals surface area (Å²) in [6.07, 6.45) is 0.